The molecular weight excluding hydrogens is 240 g/mol. The second kappa shape index (κ2) is 5.14. The van der Waals surface area contributed by atoms with Gasteiger partial charge in [-0.15, -0.1) is 0 Å². The Bertz CT molecular complexity index is 609. The third kappa shape index (κ3) is 2.59. The number of carbonyl (C=O) groups excluding carboxylic acids is 1. The molecule has 0 aliphatic heterocycles. The van der Waals surface area contributed by atoms with Crippen molar-refractivity contribution in [3.63, 3.8) is 0 Å². The normalized spacial score (nSPS) is 10.9. The molecule has 0 aliphatic carbocycles. The van der Waals surface area contributed by atoms with Gasteiger partial charge < -0.3 is 16.4 Å². The number of nitrogens with two attached hydrogens (primary N) is 2. The first-order valence-electron chi connectivity index (χ1n) is 6.19. The third-order valence-electron chi connectivity index (χ3n) is 3.04. The molecule has 5 heteroatoms. The molecule has 19 heavy (non-hydrogen) atoms. The van der Waals surface area contributed by atoms with Crippen molar-refractivity contribution >= 4 is 28.2 Å². The van der Waals surface area contributed by atoms with Crippen LogP contribution in [0.15, 0.2) is 30.5 Å². The summed E-state index contributed by atoms with van der Waals surface area (Å²) in [5.41, 5.74) is 13.5. The van der Waals surface area contributed by atoms with Crippen molar-refractivity contribution in [2.75, 3.05) is 17.2 Å². The number of rotatable bonds is 4. The number of hydrogen-bond acceptors (Lipinski definition) is 4. The van der Waals surface area contributed by atoms with E-state index in [2.05, 4.69) is 4.98 Å². The van der Waals surface area contributed by atoms with Gasteiger partial charge in [-0.3, -0.25) is 9.78 Å². The van der Waals surface area contributed by atoms with E-state index in [0.29, 0.717) is 5.69 Å². The highest BCUT2D eigenvalue weighted by atomic mass is 16.1. The number of aromatic nitrogens is 1. The minimum atomic E-state index is -0.359. The third-order valence-corrected chi connectivity index (χ3v) is 3.04. The predicted molar refractivity (Wildman–Crippen MR) is 77.8 cm³/mol. The largest absolute Gasteiger partial charge is 0.397 e. The van der Waals surface area contributed by atoms with Crippen LogP contribution in [0.2, 0.25) is 0 Å². The summed E-state index contributed by atoms with van der Waals surface area (Å²) in [5, 5.41) is 0.928. The number of hydrogen-bond donors (Lipinski definition) is 2. The standard InChI is InChI=1S/C14H18N4O/c1-9(2)18(8-13(16)19)12-6-7-17-14-10(12)4-3-5-11(14)15/h3-7,9H,8,15H2,1-2H3,(H2,16,19). The van der Waals surface area contributed by atoms with Crippen molar-refractivity contribution in [1.82, 2.24) is 4.98 Å². The Morgan fingerprint density at radius 2 is 2.11 bits per heavy atom. The number of carbonyl (C=O) groups is 1. The van der Waals surface area contributed by atoms with Crippen molar-refractivity contribution in [3.05, 3.63) is 30.5 Å². The molecule has 0 saturated heterocycles. The van der Waals surface area contributed by atoms with Crippen molar-refractivity contribution in [2.24, 2.45) is 5.73 Å². The van der Waals surface area contributed by atoms with Crippen LogP contribution in [0.5, 0.6) is 0 Å². The molecule has 1 amide bonds. The summed E-state index contributed by atoms with van der Waals surface area (Å²) in [5.74, 6) is -0.359. The van der Waals surface area contributed by atoms with Gasteiger partial charge in [0.15, 0.2) is 0 Å². The number of amides is 1. The monoisotopic (exact) mass is 258 g/mol. The average molecular weight is 258 g/mol. The van der Waals surface area contributed by atoms with Gasteiger partial charge in [-0.2, -0.15) is 0 Å². The van der Waals surface area contributed by atoms with Crippen LogP contribution in [0.1, 0.15) is 13.8 Å². The van der Waals surface area contributed by atoms with Gasteiger partial charge >= 0.3 is 0 Å². The van der Waals surface area contributed by atoms with E-state index in [-0.39, 0.29) is 18.5 Å². The fourth-order valence-corrected chi connectivity index (χ4v) is 2.15. The van der Waals surface area contributed by atoms with E-state index >= 15 is 0 Å². The molecule has 0 atom stereocenters. The number of benzene rings is 1. The molecule has 0 fully saturated rings. The SMILES string of the molecule is CC(C)N(CC(N)=O)c1ccnc2c(N)cccc12. The van der Waals surface area contributed by atoms with Gasteiger partial charge in [-0.05, 0) is 26.0 Å². The van der Waals surface area contributed by atoms with E-state index in [1.807, 2.05) is 43.0 Å². The molecule has 1 aromatic carbocycles. The van der Waals surface area contributed by atoms with E-state index in [9.17, 15) is 4.79 Å². The summed E-state index contributed by atoms with van der Waals surface area (Å²) < 4.78 is 0. The van der Waals surface area contributed by atoms with Gasteiger partial charge in [-0.25, -0.2) is 0 Å². The Morgan fingerprint density at radius 3 is 2.74 bits per heavy atom. The fourth-order valence-electron chi connectivity index (χ4n) is 2.15. The molecule has 0 bridgehead atoms. The molecule has 5 nitrogen and oxygen atoms in total. The van der Waals surface area contributed by atoms with Crippen molar-refractivity contribution in [1.29, 1.82) is 0 Å². The van der Waals surface area contributed by atoms with Crippen molar-refractivity contribution in [2.45, 2.75) is 19.9 Å². The van der Waals surface area contributed by atoms with Crippen molar-refractivity contribution in [3.8, 4) is 0 Å². The second-order valence-corrected chi connectivity index (χ2v) is 4.76. The molecule has 0 radical (unpaired) electrons. The predicted octanol–water partition coefficient (Wildman–Crippen LogP) is 1.52. The summed E-state index contributed by atoms with van der Waals surface area (Å²) in [6.45, 7) is 4.20. The topological polar surface area (TPSA) is 85.2 Å². The number of pyridine rings is 1. The smallest absolute Gasteiger partial charge is 0.236 e. The maximum absolute atomic E-state index is 11.2. The lowest BCUT2D eigenvalue weighted by Crippen LogP contribution is -2.38. The summed E-state index contributed by atoms with van der Waals surface area (Å²) in [6.07, 6.45) is 1.70. The number of primary amides is 1. The summed E-state index contributed by atoms with van der Waals surface area (Å²) in [7, 11) is 0. The molecule has 0 saturated carbocycles. The molecule has 0 aliphatic rings. The van der Waals surface area contributed by atoms with Crippen LogP contribution in [0.4, 0.5) is 11.4 Å². The van der Waals surface area contributed by atoms with Gasteiger partial charge in [0, 0.05) is 23.3 Å². The first-order chi connectivity index (χ1) is 9.00. The minimum absolute atomic E-state index is 0.152. The Morgan fingerprint density at radius 1 is 1.37 bits per heavy atom. The van der Waals surface area contributed by atoms with Crippen LogP contribution in [0.3, 0.4) is 0 Å². The Balaban J connectivity index is 2.60. The van der Waals surface area contributed by atoms with Crippen LogP contribution in [0.25, 0.3) is 10.9 Å². The van der Waals surface area contributed by atoms with Crippen LogP contribution in [-0.4, -0.2) is 23.5 Å². The fraction of sp³-hybridized carbons (Fsp3) is 0.286. The van der Waals surface area contributed by atoms with Crippen molar-refractivity contribution < 1.29 is 4.79 Å². The molecular formula is C14H18N4O. The van der Waals surface area contributed by atoms with E-state index in [1.54, 1.807) is 6.20 Å². The van der Waals surface area contributed by atoms with Gasteiger partial charge in [-0.1, -0.05) is 12.1 Å². The number of nitrogen functional groups attached to an aromatic ring is 1. The highest BCUT2D eigenvalue weighted by Crippen LogP contribution is 2.29. The zero-order valence-corrected chi connectivity index (χ0v) is 11.1. The molecule has 2 rings (SSSR count). The lowest BCUT2D eigenvalue weighted by atomic mass is 10.1. The van der Waals surface area contributed by atoms with E-state index < -0.39 is 0 Å². The molecule has 2 aromatic rings. The lowest BCUT2D eigenvalue weighted by Gasteiger charge is -2.28. The molecule has 1 aromatic heterocycles. The molecule has 1 heterocycles. The summed E-state index contributed by atoms with van der Waals surface area (Å²) >= 11 is 0. The van der Waals surface area contributed by atoms with Crippen LogP contribution >= 0.6 is 0 Å². The maximum Gasteiger partial charge on any atom is 0.236 e. The van der Waals surface area contributed by atoms with Crippen LogP contribution in [0, 0.1) is 0 Å². The van der Waals surface area contributed by atoms with Gasteiger partial charge in [0.25, 0.3) is 0 Å². The molecule has 0 spiro atoms. The van der Waals surface area contributed by atoms with E-state index in [1.165, 1.54) is 0 Å². The molecule has 4 N–H and O–H groups in total. The highest BCUT2D eigenvalue weighted by molar-refractivity contribution is 5.99. The van der Waals surface area contributed by atoms with Gasteiger partial charge in [0.1, 0.15) is 0 Å². The first-order valence-corrected chi connectivity index (χ1v) is 6.19. The zero-order chi connectivity index (χ0) is 14.0. The number of fused-ring (bicyclic) bond motifs is 1. The Hall–Kier alpha value is -2.30. The quantitative estimate of drug-likeness (QED) is 0.814. The number of para-hydroxylation sites is 1. The first kappa shape index (κ1) is 13.1. The van der Waals surface area contributed by atoms with E-state index in [4.69, 9.17) is 11.5 Å². The van der Waals surface area contributed by atoms with E-state index in [0.717, 1.165) is 16.6 Å². The van der Waals surface area contributed by atoms with Crippen LogP contribution < -0.4 is 16.4 Å². The Labute approximate surface area is 112 Å². The lowest BCUT2D eigenvalue weighted by molar-refractivity contribution is -0.116. The van der Waals surface area contributed by atoms with Gasteiger partial charge in [0.05, 0.1) is 17.7 Å². The molecule has 100 valence electrons. The number of nitrogens with zero attached hydrogens (tertiary/aromatic N) is 2. The second-order valence-electron chi connectivity index (χ2n) is 4.76. The summed E-state index contributed by atoms with van der Waals surface area (Å²) in [4.78, 5) is 17.5. The van der Waals surface area contributed by atoms with Crippen LogP contribution in [-0.2, 0) is 4.79 Å². The maximum atomic E-state index is 11.2. The highest BCUT2D eigenvalue weighted by Gasteiger charge is 2.16. The molecule has 0 unspecified atom stereocenters. The zero-order valence-electron chi connectivity index (χ0n) is 11.1. The minimum Gasteiger partial charge on any atom is -0.397 e. The number of anilines is 2. The van der Waals surface area contributed by atoms with Gasteiger partial charge in [0.2, 0.25) is 5.91 Å². The Kier molecular flexibility index (Phi) is 3.55. The summed E-state index contributed by atoms with van der Waals surface area (Å²) in [6, 6.07) is 7.67. The average Bonchev–Trinajstić information content (AvgIpc) is 2.35.